The minimum atomic E-state index is 0.579. The molecule has 2 unspecified atom stereocenters. The maximum atomic E-state index is 4.02. The van der Waals surface area contributed by atoms with Crippen molar-refractivity contribution in [2.24, 2.45) is 0 Å². The van der Waals surface area contributed by atoms with E-state index < -0.39 is 0 Å². The molecule has 0 fully saturated rings. The van der Waals surface area contributed by atoms with Crippen LogP contribution in [0.2, 0.25) is 0 Å². The molecule has 0 amide bonds. The van der Waals surface area contributed by atoms with Gasteiger partial charge in [0.1, 0.15) is 5.51 Å². The van der Waals surface area contributed by atoms with Gasteiger partial charge < -0.3 is 5.32 Å². The highest BCUT2D eigenvalue weighted by Gasteiger charge is 2.10. The minimum absolute atomic E-state index is 0.579. The second-order valence-corrected chi connectivity index (χ2v) is 5.85. The molecule has 0 aliphatic rings. The molecule has 3 nitrogen and oxygen atoms in total. The van der Waals surface area contributed by atoms with Crippen LogP contribution in [0.3, 0.4) is 0 Å². The zero-order valence-corrected chi connectivity index (χ0v) is 10.5. The Hall–Kier alpha value is -0.130. The van der Waals surface area contributed by atoms with Crippen molar-refractivity contribution in [1.82, 2.24) is 15.5 Å². The fourth-order valence-corrected chi connectivity index (χ4v) is 3.31. The number of rotatable bonds is 6. The Balaban J connectivity index is 2.25. The van der Waals surface area contributed by atoms with Crippen molar-refractivity contribution >= 4 is 23.1 Å². The van der Waals surface area contributed by atoms with Crippen molar-refractivity contribution in [3.8, 4) is 0 Å². The molecule has 1 aromatic heterocycles. The summed E-state index contributed by atoms with van der Waals surface area (Å²) in [6.07, 6.45) is 1.16. The van der Waals surface area contributed by atoms with Crippen LogP contribution >= 0.6 is 23.1 Å². The summed E-state index contributed by atoms with van der Waals surface area (Å²) in [6, 6.07) is 0.579. The van der Waals surface area contributed by atoms with Crippen LogP contribution in [-0.2, 0) is 0 Å². The van der Waals surface area contributed by atoms with Gasteiger partial charge in [0, 0.05) is 11.3 Å². The summed E-state index contributed by atoms with van der Waals surface area (Å²) in [5, 5.41) is 11.8. The van der Waals surface area contributed by atoms with E-state index in [1.54, 1.807) is 16.8 Å². The van der Waals surface area contributed by atoms with Gasteiger partial charge in [-0.3, -0.25) is 0 Å². The molecule has 5 heteroatoms. The van der Waals surface area contributed by atoms with Crippen LogP contribution < -0.4 is 5.32 Å². The van der Waals surface area contributed by atoms with E-state index in [1.807, 2.05) is 11.8 Å². The maximum absolute atomic E-state index is 4.02. The predicted molar refractivity (Wildman–Crippen MR) is 63.0 cm³/mol. The van der Waals surface area contributed by atoms with Crippen LogP contribution in [0.1, 0.15) is 27.2 Å². The van der Waals surface area contributed by atoms with Crippen molar-refractivity contribution < 1.29 is 0 Å². The second kappa shape index (κ2) is 6.37. The first kappa shape index (κ1) is 11.9. The molecule has 0 aliphatic heterocycles. The van der Waals surface area contributed by atoms with Gasteiger partial charge >= 0.3 is 0 Å². The van der Waals surface area contributed by atoms with E-state index >= 15 is 0 Å². The molecule has 0 saturated carbocycles. The zero-order valence-electron chi connectivity index (χ0n) is 8.86. The summed E-state index contributed by atoms with van der Waals surface area (Å²) in [7, 11) is 0. The van der Waals surface area contributed by atoms with Gasteiger partial charge in [0.2, 0.25) is 0 Å². The first-order valence-corrected chi connectivity index (χ1v) is 6.64. The summed E-state index contributed by atoms with van der Waals surface area (Å²) in [5.41, 5.74) is 1.78. The number of nitrogens with one attached hydrogen (secondary N) is 1. The molecule has 1 aromatic rings. The van der Waals surface area contributed by atoms with Crippen molar-refractivity contribution in [1.29, 1.82) is 0 Å². The number of aromatic nitrogens is 2. The first-order chi connectivity index (χ1) is 6.72. The highest BCUT2D eigenvalue weighted by molar-refractivity contribution is 8.01. The molecular weight excluding hydrogens is 214 g/mol. The SMILES string of the molecule is CCNC(C)CC(C)Sc1nncs1. The van der Waals surface area contributed by atoms with E-state index in [2.05, 4.69) is 36.3 Å². The molecule has 0 radical (unpaired) electrons. The standard InChI is InChI=1S/C9H17N3S2/c1-4-10-7(2)5-8(3)14-9-12-11-6-13-9/h6-8,10H,4-5H2,1-3H3. The number of nitrogens with zero attached hydrogens (tertiary/aromatic N) is 2. The van der Waals surface area contributed by atoms with Crippen molar-refractivity contribution in [2.75, 3.05) is 6.54 Å². The molecule has 1 heterocycles. The van der Waals surface area contributed by atoms with E-state index in [4.69, 9.17) is 0 Å². The van der Waals surface area contributed by atoms with Crippen LogP contribution in [0.5, 0.6) is 0 Å². The van der Waals surface area contributed by atoms with Gasteiger partial charge in [-0.05, 0) is 19.9 Å². The summed E-state index contributed by atoms with van der Waals surface area (Å²) in [6.45, 7) is 7.64. The largest absolute Gasteiger partial charge is 0.314 e. The number of hydrogen-bond acceptors (Lipinski definition) is 5. The van der Waals surface area contributed by atoms with Crippen LogP contribution in [0.4, 0.5) is 0 Å². The summed E-state index contributed by atoms with van der Waals surface area (Å²) < 4.78 is 1.07. The molecular formula is C9H17N3S2. The van der Waals surface area contributed by atoms with Gasteiger partial charge in [-0.15, -0.1) is 10.2 Å². The Morgan fingerprint density at radius 3 is 2.93 bits per heavy atom. The van der Waals surface area contributed by atoms with E-state index in [9.17, 15) is 0 Å². The highest BCUT2D eigenvalue weighted by Crippen LogP contribution is 2.26. The molecule has 1 rings (SSSR count). The Bertz CT molecular complexity index is 238. The fourth-order valence-electron chi connectivity index (χ4n) is 1.36. The van der Waals surface area contributed by atoms with Crippen LogP contribution in [0.15, 0.2) is 9.85 Å². The number of hydrogen-bond donors (Lipinski definition) is 1. The Morgan fingerprint density at radius 1 is 1.57 bits per heavy atom. The smallest absolute Gasteiger partial charge is 0.174 e. The fraction of sp³-hybridized carbons (Fsp3) is 0.778. The molecule has 14 heavy (non-hydrogen) atoms. The highest BCUT2D eigenvalue weighted by atomic mass is 32.2. The third kappa shape index (κ3) is 4.39. The van der Waals surface area contributed by atoms with E-state index in [0.29, 0.717) is 11.3 Å². The van der Waals surface area contributed by atoms with Crippen LogP contribution in [0.25, 0.3) is 0 Å². The van der Waals surface area contributed by atoms with Gasteiger partial charge in [0.25, 0.3) is 0 Å². The lowest BCUT2D eigenvalue weighted by molar-refractivity contribution is 0.530. The predicted octanol–water partition coefficient (Wildman–Crippen LogP) is 2.41. The molecule has 0 saturated heterocycles. The van der Waals surface area contributed by atoms with Gasteiger partial charge in [-0.1, -0.05) is 36.9 Å². The van der Waals surface area contributed by atoms with Gasteiger partial charge in [0.05, 0.1) is 0 Å². The lowest BCUT2D eigenvalue weighted by Gasteiger charge is -2.16. The monoisotopic (exact) mass is 231 g/mol. The summed E-state index contributed by atoms with van der Waals surface area (Å²) in [5.74, 6) is 0. The lowest BCUT2D eigenvalue weighted by Crippen LogP contribution is -2.28. The van der Waals surface area contributed by atoms with Crippen LogP contribution in [0, 0.1) is 0 Å². The van der Waals surface area contributed by atoms with Crippen molar-refractivity contribution in [2.45, 2.75) is 42.8 Å². The van der Waals surface area contributed by atoms with Gasteiger partial charge in [-0.25, -0.2) is 0 Å². The molecule has 0 aromatic carbocycles. The average molecular weight is 231 g/mol. The molecule has 0 bridgehead atoms. The van der Waals surface area contributed by atoms with Crippen LogP contribution in [-0.4, -0.2) is 28.0 Å². The van der Waals surface area contributed by atoms with Crippen molar-refractivity contribution in [3.05, 3.63) is 5.51 Å². The van der Waals surface area contributed by atoms with Gasteiger partial charge in [-0.2, -0.15) is 0 Å². The van der Waals surface area contributed by atoms with E-state index in [0.717, 1.165) is 17.3 Å². The Morgan fingerprint density at radius 2 is 2.36 bits per heavy atom. The molecule has 0 aliphatic carbocycles. The maximum Gasteiger partial charge on any atom is 0.174 e. The topological polar surface area (TPSA) is 37.8 Å². The minimum Gasteiger partial charge on any atom is -0.314 e. The zero-order chi connectivity index (χ0) is 10.4. The average Bonchev–Trinajstić information content (AvgIpc) is 2.56. The first-order valence-electron chi connectivity index (χ1n) is 4.88. The second-order valence-electron chi connectivity index (χ2n) is 3.33. The normalized spacial score (nSPS) is 15.4. The van der Waals surface area contributed by atoms with E-state index in [-0.39, 0.29) is 0 Å². The lowest BCUT2D eigenvalue weighted by atomic mass is 10.2. The third-order valence-corrected chi connectivity index (χ3v) is 3.82. The quantitative estimate of drug-likeness (QED) is 0.763. The molecule has 0 spiro atoms. The molecule has 2 atom stereocenters. The molecule has 80 valence electrons. The summed E-state index contributed by atoms with van der Waals surface area (Å²) in [4.78, 5) is 0. The number of thioether (sulfide) groups is 1. The molecule has 1 N–H and O–H groups in total. The van der Waals surface area contributed by atoms with E-state index in [1.165, 1.54) is 0 Å². The van der Waals surface area contributed by atoms with Gasteiger partial charge in [0.15, 0.2) is 4.34 Å². The Kier molecular flexibility index (Phi) is 5.44. The Labute approximate surface area is 93.7 Å². The summed E-state index contributed by atoms with van der Waals surface area (Å²) >= 11 is 3.42. The third-order valence-electron chi connectivity index (χ3n) is 1.88. The van der Waals surface area contributed by atoms with Crippen molar-refractivity contribution in [3.63, 3.8) is 0 Å².